The van der Waals surface area contributed by atoms with Gasteiger partial charge in [-0.15, -0.1) is 0 Å². The maximum absolute atomic E-state index is 11.5. The highest BCUT2D eigenvalue weighted by molar-refractivity contribution is 5.95. The maximum atomic E-state index is 11.5. The molecule has 2 aromatic rings. The molecular formula is C17H15NO5. The standard InChI is InChI=1S/C17H15NO5/c1-21-17(20)12-4-2-3-11(7-12)9-22-13-5-6-15-14(8-13)18-16(19)10-23-15/h2-8H,9-10H2,1H3,(H,18,19). The molecule has 23 heavy (non-hydrogen) atoms. The predicted octanol–water partition coefficient (Wildman–Crippen LogP) is 2.38. The van der Waals surface area contributed by atoms with Crippen molar-refractivity contribution in [3.05, 3.63) is 53.6 Å². The molecule has 0 spiro atoms. The van der Waals surface area contributed by atoms with Crippen molar-refractivity contribution in [2.45, 2.75) is 6.61 Å². The molecule has 0 aliphatic carbocycles. The zero-order valence-corrected chi connectivity index (χ0v) is 12.5. The highest BCUT2D eigenvalue weighted by atomic mass is 16.5. The molecule has 0 atom stereocenters. The van der Waals surface area contributed by atoms with Gasteiger partial charge >= 0.3 is 5.97 Å². The summed E-state index contributed by atoms with van der Waals surface area (Å²) in [6, 6.07) is 12.2. The number of carbonyl (C=O) groups excluding carboxylic acids is 2. The summed E-state index contributed by atoms with van der Waals surface area (Å²) in [5.41, 5.74) is 1.90. The summed E-state index contributed by atoms with van der Waals surface area (Å²) in [5, 5.41) is 2.72. The van der Waals surface area contributed by atoms with Crippen LogP contribution in [0.4, 0.5) is 5.69 Å². The van der Waals surface area contributed by atoms with Crippen LogP contribution < -0.4 is 14.8 Å². The summed E-state index contributed by atoms with van der Waals surface area (Å²) < 4.78 is 15.7. The van der Waals surface area contributed by atoms with E-state index in [9.17, 15) is 9.59 Å². The Bertz CT molecular complexity index is 756. The minimum atomic E-state index is -0.388. The average Bonchev–Trinajstić information content (AvgIpc) is 2.59. The molecule has 1 N–H and O–H groups in total. The molecule has 2 aromatic carbocycles. The number of fused-ring (bicyclic) bond motifs is 1. The molecule has 6 nitrogen and oxygen atoms in total. The Morgan fingerprint density at radius 1 is 1.26 bits per heavy atom. The second-order valence-electron chi connectivity index (χ2n) is 4.98. The SMILES string of the molecule is COC(=O)c1cccc(COc2ccc3c(c2)NC(=O)CO3)c1. The van der Waals surface area contributed by atoms with E-state index < -0.39 is 0 Å². The third-order valence-corrected chi connectivity index (χ3v) is 3.34. The lowest BCUT2D eigenvalue weighted by molar-refractivity contribution is -0.118. The van der Waals surface area contributed by atoms with Crippen LogP contribution in [0.2, 0.25) is 0 Å². The Kier molecular flexibility index (Phi) is 4.14. The van der Waals surface area contributed by atoms with Gasteiger partial charge in [-0.25, -0.2) is 4.79 Å². The number of nitrogens with one attached hydrogen (secondary N) is 1. The van der Waals surface area contributed by atoms with Gasteiger partial charge in [-0.2, -0.15) is 0 Å². The van der Waals surface area contributed by atoms with Crippen LogP contribution in [-0.2, 0) is 16.1 Å². The number of ether oxygens (including phenoxy) is 3. The fourth-order valence-corrected chi connectivity index (χ4v) is 2.22. The third-order valence-electron chi connectivity index (χ3n) is 3.34. The molecule has 3 rings (SSSR count). The minimum Gasteiger partial charge on any atom is -0.489 e. The number of esters is 1. The zero-order valence-electron chi connectivity index (χ0n) is 12.5. The van der Waals surface area contributed by atoms with Crippen molar-refractivity contribution in [2.24, 2.45) is 0 Å². The lowest BCUT2D eigenvalue weighted by atomic mass is 10.1. The van der Waals surface area contributed by atoms with Crippen LogP contribution in [0.25, 0.3) is 0 Å². The molecule has 1 amide bonds. The molecule has 1 aliphatic rings. The van der Waals surface area contributed by atoms with E-state index >= 15 is 0 Å². The summed E-state index contributed by atoms with van der Waals surface area (Å²) in [7, 11) is 1.34. The van der Waals surface area contributed by atoms with E-state index in [1.54, 1.807) is 36.4 Å². The van der Waals surface area contributed by atoms with E-state index in [2.05, 4.69) is 5.32 Å². The van der Waals surface area contributed by atoms with E-state index in [0.29, 0.717) is 29.4 Å². The van der Waals surface area contributed by atoms with Gasteiger partial charge in [0.2, 0.25) is 0 Å². The summed E-state index contributed by atoms with van der Waals surface area (Å²) >= 11 is 0. The first-order valence-corrected chi connectivity index (χ1v) is 7.02. The molecule has 0 unspecified atom stereocenters. The van der Waals surface area contributed by atoms with Crippen LogP contribution in [0.5, 0.6) is 11.5 Å². The monoisotopic (exact) mass is 313 g/mol. The second kappa shape index (κ2) is 6.39. The van der Waals surface area contributed by atoms with Crippen molar-refractivity contribution in [1.29, 1.82) is 0 Å². The van der Waals surface area contributed by atoms with Gasteiger partial charge in [0.15, 0.2) is 6.61 Å². The fourth-order valence-electron chi connectivity index (χ4n) is 2.22. The van der Waals surface area contributed by atoms with E-state index in [0.717, 1.165) is 5.56 Å². The zero-order chi connectivity index (χ0) is 16.2. The smallest absolute Gasteiger partial charge is 0.337 e. The van der Waals surface area contributed by atoms with Crippen molar-refractivity contribution in [2.75, 3.05) is 19.0 Å². The molecule has 0 radical (unpaired) electrons. The first-order valence-electron chi connectivity index (χ1n) is 7.02. The molecule has 0 saturated carbocycles. The maximum Gasteiger partial charge on any atom is 0.337 e. The van der Waals surface area contributed by atoms with Crippen molar-refractivity contribution >= 4 is 17.6 Å². The molecule has 118 valence electrons. The number of amides is 1. The first kappa shape index (κ1) is 14.9. The summed E-state index contributed by atoms with van der Waals surface area (Å²) in [6.45, 7) is 0.311. The van der Waals surface area contributed by atoms with Crippen LogP contribution in [-0.4, -0.2) is 25.6 Å². The van der Waals surface area contributed by atoms with Gasteiger partial charge in [0, 0.05) is 6.07 Å². The highest BCUT2D eigenvalue weighted by Gasteiger charge is 2.16. The van der Waals surface area contributed by atoms with Crippen molar-refractivity contribution in [1.82, 2.24) is 0 Å². The van der Waals surface area contributed by atoms with Crippen LogP contribution in [0.3, 0.4) is 0 Å². The lowest BCUT2D eigenvalue weighted by Gasteiger charge is -2.18. The Morgan fingerprint density at radius 2 is 2.13 bits per heavy atom. The van der Waals surface area contributed by atoms with E-state index in [4.69, 9.17) is 14.2 Å². The highest BCUT2D eigenvalue weighted by Crippen LogP contribution is 2.31. The molecule has 0 saturated heterocycles. The second-order valence-corrected chi connectivity index (χ2v) is 4.98. The van der Waals surface area contributed by atoms with Gasteiger partial charge in [-0.05, 0) is 29.8 Å². The topological polar surface area (TPSA) is 73.9 Å². The summed E-state index contributed by atoms with van der Waals surface area (Å²) in [4.78, 5) is 22.8. The molecule has 0 fully saturated rings. The Morgan fingerprint density at radius 3 is 2.96 bits per heavy atom. The van der Waals surface area contributed by atoms with Gasteiger partial charge in [0.1, 0.15) is 18.1 Å². The Hall–Kier alpha value is -3.02. The quantitative estimate of drug-likeness (QED) is 0.877. The third kappa shape index (κ3) is 3.42. The van der Waals surface area contributed by atoms with E-state index in [-0.39, 0.29) is 18.5 Å². The van der Waals surface area contributed by atoms with Gasteiger partial charge in [0.25, 0.3) is 5.91 Å². The van der Waals surface area contributed by atoms with Crippen molar-refractivity contribution in [3.63, 3.8) is 0 Å². The van der Waals surface area contributed by atoms with Gasteiger partial charge in [-0.1, -0.05) is 12.1 Å². The molecule has 6 heteroatoms. The lowest BCUT2D eigenvalue weighted by Crippen LogP contribution is -2.25. The number of hydrogen-bond donors (Lipinski definition) is 1. The molecule has 1 heterocycles. The normalized spacial score (nSPS) is 12.7. The number of anilines is 1. The Balaban J connectivity index is 1.70. The number of methoxy groups -OCH3 is 1. The summed E-state index contributed by atoms with van der Waals surface area (Å²) in [6.07, 6.45) is 0. The van der Waals surface area contributed by atoms with Crippen LogP contribution in [0, 0.1) is 0 Å². The van der Waals surface area contributed by atoms with Crippen molar-refractivity contribution in [3.8, 4) is 11.5 Å². The summed E-state index contributed by atoms with van der Waals surface area (Å²) in [5.74, 6) is 0.628. The number of carbonyl (C=O) groups is 2. The number of rotatable bonds is 4. The van der Waals surface area contributed by atoms with Crippen LogP contribution in [0.1, 0.15) is 15.9 Å². The number of benzene rings is 2. The van der Waals surface area contributed by atoms with Crippen LogP contribution >= 0.6 is 0 Å². The van der Waals surface area contributed by atoms with Gasteiger partial charge in [0.05, 0.1) is 18.4 Å². The first-order chi connectivity index (χ1) is 11.2. The van der Waals surface area contributed by atoms with E-state index in [1.165, 1.54) is 7.11 Å². The van der Waals surface area contributed by atoms with Gasteiger partial charge < -0.3 is 19.5 Å². The molecule has 1 aliphatic heterocycles. The van der Waals surface area contributed by atoms with Crippen molar-refractivity contribution < 1.29 is 23.8 Å². The Labute approximate surface area is 133 Å². The average molecular weight is 313 g/mol. The number of hydrogen-bond acceptors (Lipinski definition) is 5. The molecule has 0 aromatic heterocycles. The minimum absolute atomic E-state index is 0.0214. The van der Waals surface area contributed by atoms with Crippen LogP contribution in [0.15, 0.2) is 42.5 Å². The van der Waals surface area contributed by atoms with Gasteiger partial charge in [-0.3, -0.25) is 4.79 Å². The van der Waals surface area contributed by atoms with E-state index in [1.807, 2.05) is 6.07 Å². The predicted molar refractivity (Wildman–Crippen MR) is 82.7 cm³/mol. The largest absolute Gasteiger partial charge is 0.489 e. The molecular weight excluding hydrogens is 298 g/mol. The molecule has 0 bridgehead atoms. The fraction of sp³-hybridized carbons (Fsp3) is 0.176.